The first-order chi connectivity index (χ1) is 14.5. The Balaban J connectivity index is 1.63. The molecule has 0 saturated heterocycles. The number of nitrogens with two attached hydrogens (primary N) is 1. The van der Waals surface area contributed by atoms with Gasteiger partial charge in [0.05, 0.1) is 10.8 Å². The van der Waals surface area contributed by atoms with Gasteiger partial charge in [0.1, 0.15) is 17.2 Å². The lowest BCUT2D eigenvalue weighted by atomic mass is 10.1. The van der Waals surface area contributed by atoms with Gasteiger partial charge in [0, 0.05) is 10.3 Å². The molecule has 3 N–H and O–H groups in total. The van der Waals surface area contributed by atoms with Gasteiger partial charge in [-0.3, -0.25) is 4.79 Å². The van der Waals surface area contributed by atoms with Crippen molar-refractivity contribution >= 4 is 44.1 Å². The molecule has 9 heteroatoms. The number of hydrogen-bond acceptors (Lipinski definition) is 7. The predicted octanol–water partition coefficient (Wildman–Crippen LogP) is 3.00. The van der Waals surface area contributed by atoms with Crippen molar-refractivity contribution in [2.45, 2.75) is 38.6 Å². The van der Waals surface area contributed by atoms with Crippen LogP contribution in [0.5, 0.6) is 0 Å². The van der Waals surface area contributed by atoms with Gasteiger partial charge in [-0.15, -0.1) is 11.3 Å². The highest BCUT2D eigenvalue weighted by atomic mass is 32.1. The van der Waals surface area contributed by atoms with E-state index in [9.17, 15) is 14.7 Å². The molecule has 0 atom stereocenters. The molecule has 0 spiro atoms. The maximum absolute atomic E-state index is 12.9. The summed E-state index contributed by atoms with van der Waals surface area (Å²) in [4.78, 5) is 35.8. The van der Waals surface area contributed by atoms with Gasteiger partial charge in [-0.2, -0.15) is 5.10 Å². The van der Waals surface area contributed by atoms with Crippen LogP contribution in [0.3, 0.4) is 0 Å². The molecule has 30 heavy (non-hydrogen) atoms. The Morgan fingerprint density at radius 2 is 1.90 bits per heavy atom. The van der Waals surface area contributed by atoms with Gasteiger partial charge in [-0.05, 0) is 37.3 Å². The molecule has 152 valence electrons. The van der Waals surface area contributed by atoms with E-state index in [-0.39, 0.29) is 17.8 Å². The van der Waals surface area contributed by atoms with Crippen LogP contribution in [0.25, 0.3) is 21.0 Å². The van der Waals surface area contributed by atoms with Crippen LogP contribution < -0.4 is 11.3 Å². The van der Waals surface area contributed by atoms with Crippen LogP contribution in [-0.4, -0.2) is 30.8 Å². The highest BCUT2D eigenvalue weighted by Crippen LogP contribution is 2.37. The zero-order valence-electron chi connectivity index (χ0n) is 16.1. The van der Waals surface area contributed by atoms with E-state index in [1.54, 1.807) is 35.6 Å². The summed E-state index contributed by atoms with van der Waals surface area (Å²) >= 11 is 1.63. The van der Waals surface area contributed by atoms with Crippen molar-refractivity contribution in [1.82, 2.24) is 19.7 Å². The van der Waals surface area contributed by atoms with Gasteiger partial charge >= 0.3 is 5.97 Å². The van der Waals surface area contributed by atoms with Crippen LogP contribution in [0.2, 0.25) is 0 Å². The number of aromatic nitrogens is 4. The normalized spacial score (nSPS) is 14.0. The number of nitrogens with zero attached hydrogens (tertiary/aromatic N) is 4. The minimum absolute atomic E-state index is 0.0490. The maximum Gasteiger partial charge on any atom is 0.357 e. The fourth-order valence-corrected chi connectivity index (χ4v) is 5.40. The molecule has 0 radical (unpaired) electrons. The fourth-order valence-electron chi connectivity index (χ4n) is 4.11. The average Bonchev–Trinajstić information content (AvgIpc) is 2.91. The van der Waals surface area contributed by atoms with Gasteiger partial charge in [0.25, 0.3) is 5.56 Å². The molecule has 0 saturated carbocycles. The number of carboxylic acid groups (broad SMARTS) is 1. The minimum Gasteiger partial charge on any atom is -0.476 e. The number of aryl methyl sites for hydroxylation is 2. The lowest BCUT2D eigenvalue weighted by Gasteiger charge is -2.09. The molecule has 8 nitrogen and oxygen atoms in total. The summed E-state index contributed by atoms with van der Waals surface area (Å²) in [6.07, 6.45) is 5.52. The number of thiophene rings is 1. The summed E-state index contributed by atoms with van der Waals surface area (Å²) in [6, 6.07) is 6.55. The van der Waals surface area contributed by atoms with Crippen molar-refractivity contribution in [3.05, 3.63) is 56.6 Å². The average molecular weight is 421 g/mol. The zero-order chi connectivity index (χ0) is 20.8. The Bertz CT molecular complexity index is 1370. The van der Waals surface area contributed by atoms with Crippen LogP contribution in [0, 0.1) is 0 Å². The van der Waals surface area contributed by atoms with Gasteiger partial charge in [0.15, 0.2) is 11.5 Å². The Morgan fingerprint density at radius 3 is 2.70 bits per heavy atom. The lowest BCUT2D eigenvalue weighted by molar-refractivity contribution is 0.0690. The Labute approximate surface area is 175 Å². The van der Waals surface area contributed by atoms with E-state index < -0.39 is 5.97 Å². The van der Waals surface area contributed by atoms with Crippen molar-refractivity contribution in [3.8, 4) is 0 Å². The molecule has 1 aromatic carbocycles. The maximum atomic E-state index is 12.9. The summed E-state index contributed by atoms with van der Waals surface area (Å²) < 4.78 is 1.10. The molecule has 0 amide bonds. The first kappa shape index (κ1) is 18.7. The van der Waals surface area contributed by atoms with Gasteiger partial charge < -0.3 is 10.8 Å². The number of carboxylic acids is 1. The summed E-state index contributed by atoms with van der Waals surface area (Å²) in [5.74, 6) is -0.447. The third-order valence-electron chi connectivity index (χ3n) is 5.50. The van der Waals surface area contributed by atoms with Crippen LogP contribution in [-0.2, 0) is 19.4 Å². The zero-order valence-corrected chi connectivity index (χ0v) is 16.9. The monoisotopic (exact) mass is 421 g/mol. The van der Waals surface area contributed by atoms with Crippen molar-refractivity contribution in [2.75, 3.05) is 5.73 Å². The number of anilines is 1. The number of carbonyl (C=O) groups is 1. The number of fused-ring (bicyclic) bond motifs is 4. The predicted molar refractivity (Wildman–Crippen MR) is 115 cm³/mol. The first-order valence-corrected chi connectivity index (χ1v) is 10.6. The summed E-state index contributed by atoms with van der Waals surface area (Å²) in [5, 5.41) is 15.1. The smallest absolute Gasteiger partial charge is 0.357 e. The third-order valence-corrected chi connectivity index (χ3v) is 6.69. The Morgan fingerprint density at radius 1 is 1.13 bits per heavy atom. The Kier molecular flexibility index (Phi) is 4.47. The van der Waals surface area contributed by atoms with Crippen LogP contribution in [0.4, 0.5) is 5.82 Å². The van der Waals surface area contributed by atoms with E-state index in [0.717, 1.165) is 40.6 Å². The number of benzene rings is 1. The van der Waals surface area contributed by atoms with E-state index >= 15 is 0 Å². The molecular weight excluding hydrogens is 402 g/mol. The summed E-state index contributed by atoms with van der Waals surface area (Å²) in [5.41, 5.74) is 6.98. The molecule has 0 aliphatic heterocycles. The SMILES string of the molecule is Nc1nc(Cn2nc(C(=O)O)c3ccccc3c2=O)nc2sc3c(c12)CCCCC3. The standard InChI is InChI=1S/C21H19N5O3S/c22-18-16-13-8-2-1-3-9-14(13)30-19(16)24-15(23-18)10-26-20(27)12-7-5-4-6-11(12)17(25-26)21(28)29/h4-7H,1-3,8-10H2,(H,28,29)(H2,22,23,24). The van der Waals surface area contributed by atoms with E-state index in [2.05, 4.69) is 15.1 Å². The van der Waals surface area contributed by atoms with Gasteiger partial charge in [0.2, 0.25) is 0 Å². The third kappa shape index (κ3) is 3.02. The van der Waals surface area contributed by atoms with Crippen molar-refractivity contribution in [2.24, 2.45) is 0 Å². The molecule has 0 bridgehead atoms. The van der Waals surface area contributed by atoms with E-state index in [0.29, 0.717) is 22.4 Å². The van der Waals surface area contributed by atoms with Crippen molar-refractivity contribution < 1.29 is 9.90 Å². The largest absolute Gasteiger partial charge is 0.476 e. The molecule has 1 aliphatic carbocycles. The molecule has 0 fully saturated rings. The topological polar surface area (TPSA) is 124 Å². The van der Waals surface area contributed by atoms with E-state index in [1.807, 2.05) is 0 Å². The van der Waals surface area contributed by atoms with Gasteiger partial charge in [-0.1, -0.05) is 24.6 Å². The second-order valence-electron chi connectivity index (χ2n) is 7.43. The molecule has 0 unspecified atom stereocenters. The highest BCUT2D eigenvalue weighted by molar-refractivity contribution is 7.19. The number of aromatic carboxylic acids is 1. The Hall–Kier alpha value is -3.33. The van der Waals surface area contributed by atoms with Crippen LogP contribution in [0.15, 0.2) is 29.1 Å². The molecular formula is C21H19N5O3S. The molecule has 5 rings (SSSR count). The van der Waals surface area contributed by atoms with Crippen LogP contribution in [0.1, 0.15) is 46.0 Å². The first-order valence-electron chi connectivity index (χ1n) is 9.82. The van der Waals surface area contributed by atoms with Gasteiger partial charge in [-0.25, -0.2) is 19.4 Å². The molecule has 3 aromatic heterocycles. The lowest BCUT2D eigenvalue weighted by Crippen LogP contribution is -2.27. The fraction of sp³-hybridized carbons (Fsp3) is 0.286. The highest BCUT2D eigenvalue weighted by Gasteiger charge is 2.21. The number of rotatable bonds is 3. The van der Waals surface area contributed by atoms with Crippen molar-refractivity contribution in [1.29, 1.82) is 0 Å². The van der Waals surface area contributed by atoms with Crippen LogP contribution >= 0.6 is 11.3 Å². The van der Waals surface area contributed by atoms with E-state index in [1.165, 1.54) is 16.9 Å². The molecule has 3 heterocycles. The summed E-state index contributed by atoms with van der Waals surface area (Å²) in [7, 11) is 0. The second-order valence-corrected chi connectivity index (χ2v) is 8.52. The minimum atomic E-state index is -1.20. The van der Waals surface area contributed by atoms with Crippen molar-refractivity contribution in [3.63, 3.8) is 0 Å². The second kappa shape index (κ2) is 7.17. The van der Waals surface area contributed by atoms with E-state index in [4.69, 9.17) is 5.73 Å². The summed E-state index contributed by atoms with van der Waals surface area (Å²) in [6.45, 7) is -0.0490. The number of nitrogen functional groups attached to an aromatic ring is 1. The molecule has 4 aromatic rings. The molecule has 1 aliphatic rings. The number of hydrogen-bond donors (Lipinski definition) is 2. The quantitative estimate of drug-likeness (QED) is 0.487.